The van der Waals surface area contributed by atoms with E-state index in [1.54, 1.807) is 18.2 Å². The summed E-state index contributed by atoms with van der Waals surface area (Å²) in [6.07, 6.45) is -1.47. The highest BCUT2D eigenvalue weighted by Crippen LogP contribution is 2.25. The molecular formula is C10H12Cl2N2O3. The van der Waals surface area contributed by atoms with E-state index in [0.29, 0.717) is 15.7 Å². The van der Waals surface area contributed by atoms with Crippen molar-refractivity contribution < 1.29 is 15.3 Å². The summed E-state index contributed by atoms with van der Waals surface area (Å²) >= 11 is 11.6. The van der Waals surface area contributed by atoms with Crippen LogP contribution in [0.3, 0.4) is 0 Å². The van der Waals surface area contributed by atoms with Gasteiger partial charge in [0.2, 0.25) is 0 Å². The molecule has 0 heterocycles. The summed E-state index contributed by atoms with van der Waals surface area (Å²) in [5.74, 6) is 0. The number of anilines is 1. The Balaban J connectivity index is 2.61. The molecule has 94 valence electrons. The number of benzene rings is 1. The Morgan fingerprint density at radius 2 is 2.06 bits per heavy atom. The van der Waals surface area contributed by atoms with Crippen LogP contribution in [0.2, 0.25) is 10.0 Å². The van der Waals surface area contributed by atoms with Crippen molar-refractivity contribution in [3.05, 3.63) is 28.2 Å². The van der Waals surface area contributed by atoms with Gasteiger partial charge in [0.05, 0.1) is 23.5 Å². The second-order valence-electron chi connectivity index (χ2n) is 3.25. The van der Waals surface area contributed by atoms with Gasteiger partial charge in [-0.3, -0.25) is 5.43 Å². The van der Waals surface area contributed by atoms with Crippen LogP contribution in [0, 0.1) is 0 Å². The zero-order valence-corrected chi connectivity index (χ0v) is 10.2. The molecule has 4 N–H and O–H groups in total. The van der Waals surface area contributed by atoms with E-state index in [2.05, 4.69) is 10.5 Å². The molecule has 2 atom stereocenters. The van der Waals surface area contributed by atoms with Gasteiger partial charge in [-0.05, 0) is 18.2 Å². The van der Waals surface area contributed by atoms with Gasteiger partial charge in [0.25, 0.3) is 0 Å². The topological polar surface area (TPSA) is 85.1 Å². The lowest BCUT2D eigenvalue weighted by Gasteiger charge is -2.10. The summed E-state index contributed by atoms with van der Waals surface area (Å²) in [6.45, 7) is -0.550. The molecule has 0 aromatic heterocycles. The lowest BCUT2D eigenvalue weighted by atomic mass is 10.2. The zero-order valence-electron chi connectivity index (χ0n) is 8.72. The molecule has 0 aliphatic carbocycles. The Morgan fingerprint density at radius 3 is 2.71 bits per heavy atom. The number of hydrogen-bond donors (Lipinski definition) is 4. The highest BCUT2D eigenvalue weighted by molar-refractivity contribution is 6.35. The fourth-order valence-electron chi connectivity index (χ4n) is 0.974. The fraction of sp³-hybridized carbons (Fsp3) is 0.300. The van der Waals surface area contributed by atoms with Crippen LogP contribution < -0.4 is 5.43 Å². The lowest BCUT2D eigenvalue weighted by Crippen LogP contribution is -2.30. The normalized spacial score (nSPS) is 14.9. The third-order valence-corrected chi connectivity index (χ3v) is 2.49. The minimum Gasteiger partial charge on any atom is -0.394 e. The molecular weight excluding hydrogens is 267 g/mol. The first-order valence-electron chi connectivity index (χ1n) is 4.76. The third-order valence-electron chi connectivity index (χ3n) is 1.92. The fourth-order valence-corrected chi connectivity index (χ4v) is 1.31. The van der Waals surface area contributed by atoms with Crippen LogP contribution >= 0.6 is 23.2 Å². The van der Waals surface area contributed by atoms with Crippen molar-refractivity contribution in [2.75, 3.05) is 12.0 Å². The molecule has 0 saturated carbocycles. The molecule has 0 aliphatic heterocycles. The molecule has 0 fully saturated rings. The first-order chi connectivity index (χ1) is 8.04. The van der Waals surface area contributed by atoms with Gasteiger partial charge >= 0.3 is 0 Å². The molecule has 1 aromatic rings. The summed E-state index contributed by atoms with van der Waals surface area (Å²) in [4.78, 5) is 0. The first-order valence-corrected chi connectivity index (χ1v) is 5.51. The average molecular weight is 279 g/mol. The second kappa shape index (κ2) is 6.78. The largest absolute Gasteiger partial charge is 0.394 e. The molecule has 5 nitrogen and oxygen atoms in total. The predicted molar refractivity (Wildman–Crippen MR) is 67.7 cm³/mol. The van der Waals surface area contributed by atoms with E-state index in [-0.39, 0.29) is 0 Å². The van der Waals surface area contributed by atoms with Crippen LogP contribution in [0.4, 0.5) is 5.69 Å². The van der Waals surface area contributed by atoms with Gasteiger partial charge in [0.1, 0.15) is 12.2 Å². The van der Waals surface area contributed by atoms with Gasteiger partial charge in [0.15, 0.2) is 0 Å². The summed E-state index contributed by atoms with van der Waals surface area (Å²) in [5.41, 5.74) is 3.04. The van der Waals surface area contributed by atoms with Crippen LogP contribution in [-0.4, -0.2) is 40.3 Å². The number of halogens is 2. The van der Waals surface area contributed by atoms with Gasteiger partial charge in [0, 0.05) is 5.02 Å². The highest BCUT2D eigenvalue weighted by atomic mass is 35.5. The molecule has 7 heteroatoms. The minimum atomic E-state index is -1.27. The Morgan fingerprint density at radius 1 is 1.35 bits per heavy atom. The average Bonchev–Trinajstić information content (AvgIpc) is 2.32. The minimum absolute atomic E-state index is 0.420. The number of nitrogens with zero attached hydrogens (tertiary/aromatic N) is 1. The summed E-state index contributed by atoms with van der Waals surface area (Å²) < 4.78 is 0. The third kappa shape index (κ3) is 4.49. The van der Waals surface area contributed by atoms with E-state index in [9.17, 15) is 5.11 Å². The molecule has 0 saturated heterocycles. The number of aliphatic hydroxyl groups excluding tert-OH is 3. The van der Waals surface area contributed by atoms with Crippen molar-refractivity contribution in [1.82, 2.24) is 0 Å². The number of aliphatic hydroxyl groups is 3. The SMILES string of the molecule is OC[C@@H](O)[C@H](O)/C=N\Nc1cc(Cl)ccc1Cl. The molecule has 0 amide bonds. The van der Waals surface area contributed by atoms with Crippen LogP contribution in [0.5, 0.6) is 0 Å². The van der Waals surface area contributed by atoms with E-state index in [1.807, 2.05) is 0 Å². The van der Waals surface area contributed by atoms with Crippen LogP contribution in [0.25, 0.3) is 0 Å². The maximum atomic E-state index is 9.26. The van der Waals surface area contributed by atoms with Crippen molar-refractivity contribution in [3.8, 4) is 0 Å². The molecule has 0 radical (unpaired) electrons. The van der Waals surface area contributed by atoms with E-state index in [4.69, 9.17) is 33.4 Å². The van der Waals surface area contributed by atoms with Gasteiger partial charge in [-0.15, -0.1) is 0 Å². The smallest absolute Gasteiger partial charge is 0.119 e. The van der Waals surface area contributed by atoms with Crippen LogP contribution in [0.1, 0.15) is 0 Å². The first kappa shape index (κ1) is 14.2. The Labute approximate surface area is 108 Å². The Hall–Kier alpha value is -0.850. The van der Waals surface area contributed by atoms with E-state index < -0.39 is 18.8 Å². The number of hydrazone groups is 1. The van der Waals surface area contributed by atoms with E-state index in [0.717, 1.165) is 6.21 Å². The summed E-state index contributed by atoms with van der Waals surface area (Å²) in [7, 11) is 0. The standard InChI is InChI=1S/C10H12Cl2N2O3/c11-6-1-2-7(12)8(3-6)14-13-4-9(16)10(17)5-15/h1-4,9-10,14-17H,5H2/b13-4-/t9-,10-/m1/s1. The monoisotopic (exact) mass is 278 g/mol. The summed E-state index contributed by atoms with van der Waals surface area (Å²) in [6, 6.07) is 4.79. The molecule has 0 spiro atoms. The number of hydrogen-bond acceptors (Lipinski definition) is 5. The van der Waals surface area contributed by atoms with Crippen molar-refractivity contribution in [3.63, 3.8) is 0 Å². The second-order valence-corrected chi connectivity index (χ2v) is 4.10. The molecule has 17 heavy (non-hydrogen) atoms. The lowest BCUT2D eigenvalue weighted by molar-refractivity contribution is 0.0204. The van der Waals surface area contributed by atoms with Crippen molar-refractivity contribution in [2.45, 2.75) is 12.2 Å². The molecule has 0 aliphatic rings. The maximum Gasteiger partial charge on any atom is 0.119 e. The van der Waals surface area contributed by atoms with Gasteiger partial charge in [-0.2, -0.15) is 5.10 Å². The molecule has 1 rings (SSSR count). The highest BCUT2D eigenvalue weighted by Gasteiger charge is 2.11. The maximum absolute atomic E-state index is 9.26. The van der Waals surface area contributed by atoms with Gasteiger partial charge in [-0.25, -0.2) is 0 Å². The van der Waals surface area contributed by atoms with E-state index >= 15 is 0 Å². The molecule has 0 bridgehead atoms. The van der Waals surface area contributed by atoms with E-state index in [1.165, 1.54) is 0 Å². The van der Waals surface area contributed by atoms with Crippen molar-refractivity contribution in [1.29, 1.82) is 0 Å². The van der Waals surface area contributed by atoms with Crippen LogP contribution in [-0.2, 0) is 0 Å². The van der Waals surface area contributed by atoms with Crippen molar-refractivity contribution >= 4 is 35.1 Å². The van der Waals surface area contributed by atoms with Gasteiger partial charge < -0.3 is 15.3 Å². The van der Waals surface area contributed by atoms with Crippen molar-refractivity contribution in [2.24, 2.45) is 5.10 Å². The Bertz CT molecular complexity index is 401. The Kier molecular flexibility index (Phi) is 5.67. The quantitative estimate of drug-likeness (QED) is 0.480. The van der Waals surface area contributed by atoms with Gasteiger partial charge in [-0.1, -0.05) is 23.2 Å². The zero-order chi connectivity index (χ0) is 12.8. The predicted octanol–water partition coefficient (Wildman–Crippen LogP) is 1.11. The van der Waals surface area contributed by atoms with Crippen LogP contribution in [0.15, 0.2) is 23.3 Å². The molecule has 1 aromatic carbocycles. The molecule has 0 unspecified atom stereocenters. The number of nitrogens with one attached hydrogen (secondary N) is 1. The summed E-state index contributed by atoms with van der Waals surface area (Å²) in [5, 5.41) is 31.5. The number of rotatable bonds is 5.